The number of hydrogen-bond donors (Lipinski definition) is 5. The first kappa shape index (κ1) is 32.9. The van der Waals surface area contributed by atoms with Crippen LogP contribution in [0.1, 0.15) is 28.5 Å². The molecular weight excluding hydrogens is 628 g/mol. The summed E-state index contributed by atoms with van der Waals surface area (Å²) in [6.45, 7) is -0.403. The van der Waals surface area contributed by atoms with Crippen LogP contribution in [-0.4, -0.2) is 65.4 Å². The summed E-state index contributed by atoms with van der Waals surface area (Å²) < 4.78 is 69.3. The zero-order chi connectivity index (χ0) is 34.1. The Morgan fingerprint density at radius 1 is 1.09 bits per heavy atom. The second kappa shape index (κ2) is 12.4. The topological polar surface area (TPSA) is 192 Å². The quantitative estimate of drug-likeness (QED) is 0.127. The lowest BCUT2D eigenvalue weighted by Gasteiger charge is -2.31. The van der Waals surface area contributed by atoms with Gasteiger partial charge in [-0.15, -0.1) is 0 Å². The highest BCUT2D eigenvalue weighted by molar-refractivity contribution is 6.00. The number of aromatic nitrogens is 2. The fourth-order valence-electron chi connectivity index (χ4n) is 4.98. The number of halogens is 4. The van der Waals surface area contributed by atoms with E-state index in [-0.39, 0.29) is 53.6 Å². The fourth-order valence-corrected chi connectivity index (χ4v) is 4.98. The molecule has 2 aromatic carbocycles. The second-order valence-corrected chi connectivity index (χ2v) is 11.0. The van der Waals surface area contributed by atoms with E-state index in [1.165, 1.54) is 37.4 Å². The van der Waals surface area contributed by atoms with Gasteiger partial charge in [0.1, 0.15) is 47.2 Å². The van der Waals surface area contributed by atoms with Crippen LogP contribution in [0.25, 0.3) is 22.2 Å². The van der Waals surface area contributed by atoms with Gasteiger partial charge in [-0.2, -0.15) is 13.2 Å². The maximum absolute atomic E-state index is 14.8. The van der Waals surface area contributed by atoms with Crippen LogP contribution in [0, 0.1) is 5.82 Å². The largest absolute Gasteiger partial charge is 0.489 e. The predicted molar refractivity (Wildman–Crippen MR) is 159 cm³/mol. The van der Waals surface area contributed by atoms with Gasteiger partial charge in [0, 0.05) is 28.3 Å². The van der Waals surface area contributed by atoms with E-state index in [0.29, 0.717) is 10.9 Å². The number of primary amides is 2. The minimum Gasteiger partial charge on any atom is -0.489 e. The van der Waals surface area contributed by atoms with Gasteiger partial charge < -0.3 is 36.7 Å². The Bertz CT molecular complexity index is 1870. The summed E-state index contributed by atoms with van der Waals surface area (Å²) in [6.07, 6.45) is -3.93. The molecule has 2 aromatic heterocycles. The number of nitrogens with one attached hydrogen (secondary N) is 2. The zero-order valence-corrected chi connectivity index (χ0v) is 24.7. The number of amides is 4. The number of fused-ring (bicyclic) bond motifs is 2. The Balaban J connectivity index is 1.52. The lowest BCUT2D eigenvalue weighted by molar-refractivity contribution is -0.265. The minimum absolute atomic E-state index is 0.0201. The molecule has 0 saturated carbocycles. The van der Waals surface area contributed by atoms with Crippen LogP contribution in [0.2, 0.25) is 0 Å². The molecule has 246 valence electrons. The molecule has 4 aromatic rings. The van der Waals surface area contributed by atoms with Gasteiger partial charge >= 0.3 is 12.2 Å². The summed E-state index contributed by atoms with van der Waals surface area (Å²) in [6, 6.07) is 10.5. The number of benzene rings is 2. The van der Waals surface area contributed by atoms with Crippen LogP contribution in [0.15, 0.2) is 60.8 Å². The third-order valence-corrected chi connectivity index (χ3v) is 7.72. The van der Waals surface area contributed by atoms with E-state index >= 15 is 0 Å². The number of carbonyl (C=O) groups excluding carboxylic acids is 3. The highest BCUT2D eigenvalue weighted by Crippen LogP contribution is 2.47. The third kappa shape index (κ3) is 6.31. The average molecular weight is 657 g/mol. The van der Waals surface area contributed by atoms with Crippen molar-refractivity contribution >= 4 is 28.7 Å². The smallest absolute Gasteiger partial charge is 0.424 e. The number of pyridine rings is 2. The van der Waals surface area contributed by atoms with Crippen LogP contribution in [-0.2, 0) is 15.8 Å². The number of nitrogens with zero attached hydrogens (tertiary/aromatic N) is 2. The number of ether oxygens (including phenoxy) is 2. The molecule has 1 unspecified atom stereocenters. The molecule has 0 bridgehead atoms. The number of rotatable bonds is 10. The first-order valence-electron chi connectivity index (χ1n) is 14.0. The molecule has 0 spiro atoms. The SMILES string of the molecule is C[C@]1(C(N)=O)COc2c1cc(C(O)(CNC(=O)c1cc(OCCNC(N)=O)c3ncccc3c1)C(F)(F)F)nc2-c1ccc(F)cc1. The van der Waals surface area contributed by atoms with Crippen LogP contribution >= 0.6 is 0 Å². The fraction of sp³-hybridized carbons (Fsp3) is 0.258. The average Bonchev–Trinajstić information content (AvgIpc) is 3.38. The highest BCUT2D eigenvalue weighted by atomic mass is 19.4. The number of urea groups is 1. The number of nitrogens with two attached hydrogens (primary N) is 2. The normalized spacial score (nSPS) is 16.9. The number of aliphatic hydroxyl groups is 1. The van der Waals surface area contributed by atoms with E-state index in [2.05, 4.69) is 20.6 Å². The van der Waals surface area contributed by atoms with Crippen molar-refractivity contribution < 1.29 is 46.5 Å². The lowest BCUT2D eigenvalue weighted by Crippen LogP contribution is -2.51. The van der Waals surface area contributed by atoms with Gasteiger partial charge in [-0.05, 0) is 55.5 Å². The molecule has 47 heavy (non-hydrogen) atoms. The van der Waals surface area contributed by atoms with Gasteiger partial charge in [0.05, 0.1) is 18.8 Å². The summed E-state index contributed by atoms with van der Waals surface area (Å²) in [7, 11) is 0. The van der Waals surface area contributed by atoms with Crippen LogP contribution in [0.5, 0.6) is 11.5 Å². The van der Waals surface area contributed by atoms with Gasteiger partial charge in [0.25, 0.3) is 5.91 Å². The monoisotopic (exact) mass is 656 g/mol. The summed E-state index contributed by atoms with van der Waals surface area (Å²) in [5, 5.41) is 16.2. The Labute approximate surface area is 264 Å². The minimum atomic E-state index is -5.40. The zero-order valence-electron chi connectivity index (χ0n) is 24.7. The molecule has 0 fully saturated rings. The maximum Gasteiger partial charge on any atom is 0.424 e. The standard InChI is InChI=1S/C31H28F4N6O6/c1-29(27(36)43)15-47-25-20(29)13-22(41-24(25)16-4-6-19(32)7-5-16)30(45,31(33,34)35)14-40-26(42)18-11-17-3-2-8-38-23(17)21(12-18)46-10-9-39-28(37)44/h2-8,11-13,45H,9-10,14-15H2,1H3,(H2,36,43)(H,40,42)(H3,37,39,44)/t29-,30?/m0/s1. The first-order chi connectivity index (χ1) is 22.1. The van der Waals surface area contributed by atoms with Gasteiger partial charge in [-0.1, -0.05) is 6.07 Å². The molecule has 1 aliphatic heterocycles. The molecule has 1 aliphatic rings. The third-order valence-electron chi connectivity index (χ3n) is 7.72. The lowest BCUT2D eigenvalue weighted by atomic mass is 9.81. The molecule has 4 amide bonds. The molecule has 2 atom stereocenters. The molecule has 12 nitrogen and oxygen atoms in total. The van der Waals surface area contributed by atoms with E-state index in [9.17, 15) is 37.1 Å². The first-order valence-corrected chi connectivity index (χ1v) is 14.0. The van der Waals surface area contributed by atoms with E-state index in [1.807, 2.05) is 0 Å². The molecule has 5 rings (SSSR count). The van der Waals surface area contributed by atoms with Crippen LogP contribution in [0.4, 0.5) is 22.4 Å². The van der Waals surface area contributed by atoms with Crippen molar-refractivity contribution in [3.63, 3.8) is 0 Å². The van der Waals surface area contributed by atoms with Crippen molar-refractivity contribution in [3.05, 3.63) is 83.4 Å². The van der Waals surface area contributed by atoms with Gasteiger partial charge in [-0.25, -0.2) is 14.2 Å². The summed E-state index contributed by atoms with van der Waals surface area (Å²) in [4.78, 5) is 45.0. The van der Waals surface area contributed by atoms with Crippen LogP contribution < -0.4 is 31.6 Å². The van der Waals surface area contributed by atoms with Crippen molar-refractivity contribution in [1.82, 2.24) is 20.6 Å². The number of alkyl halides is 3. The van der Waals surface area contributed by atoms with Gasteiger partial charge in [0.15, 0.2) is 0 Å². The Kier molecular flexibility index (Phi) is 8.64. The Morgan fingerprint density at radius 3 is 2.47 bits per heavy atom. The second-order valence-electron chi connectivity index (χ2n) is 11.0. The number of hydrogen-bond acceptors (Lipinski definition) is 8. The van der Waals surface area contributed by atoms with Crippen molar-refractivity contribution in [2.75, 3.05) is 26.3 Å². The van der Waals surface area contributed by atoms with E-state index in [1.54, 1.807) is 12.1 Å². The van der Waals surface area contributed by atoms with Crippen molar-refractivity contribution in [2.24, 2.45) is 11.5 Å². The summed E-state index contributed by atoms with van der Waals surface area (Å²) in [5.41, 5.74) is 4.37. The highest BCUT2D eigenvalue weighted by Gasteiger charge is 2.57. The maximum atomic E-state index is 14.8. The molecular formula is C31H28F4N6O6. The summed E-state index contributed by atoms with van der Waals surface area (Å²) in [5.74, 6) is -2.50. The molecule has 7 N–H and O–H groups in total. The van der Waals surface area contributed by atoms with Crippen molar-refractivity contribution in [1.29, 1.82) is 0 Å². The summed E-state index contributed by atoms with van der Waals surface area (Å²) >= 11 is 0. The van der Waals surface area contributed by atoms with Crippen molar-refractivity contribution in [2.45, 2.75) is 24.1 Å². The molecule has 0 radical (unpaired) electrons. The van der Waals surface area contributed by atoms with Crippen LogP contribution in [0.3, 0.4) is 0 Å². The van der Waals surface area contributed by atoms with Gasteiger partial charge in [0.2, 0.25) is 11.5 Å². The molecule has 16 heteroatoms. The van der Waals surface area contributed by atoms with E-state index in [0.717, 1.165) is 18.2 Å². The van der Waals surface area contributed by atoms with Crippen molar-refractivity contribution in [3.8, 4) is 22.8 Å². The Morgan fingerprint density at radius 2 is 1.81 bits per heavy atom. The predicted octanol–water partition coefficient (Wildman–Crippen LogP) is 2.80. The molecule has 3 heterocycles. The van der Waals surface area contributed by atoms with E-state index in [4.69, 9.17) is 20.9 Å². The Hall–Kier alpha value is -5.51. The molecule has 0 saturated heterocycles. The van der Waals surface area contributed by atoms with Gasteiger partial charge in [-0.3, -0.25) is 14.6 Å². The number of carbonyl (C=O) groups is 3. The van der Waals surface area contributed by atoms with E-state index < -0.39 is 53.1 Å². The molecule has 0 aliphatic carbocycles.